The smallest absolute Gasteiger partial charge is 0.236 e. The van der Waals surface area contributed by atoms with E-state index in [1.54, 1.807) is 7.05 Å². The van der Waals surface area contributed by atoms with Crippen LogP contribution in [0.4, 0.5) is 0 Å². The molecule has 1 atom stereocenters. The molecule has 1 rings (SSSR count). The second kappa shape index (κ2) is 5.33. The Balaban J connectivity index is 2.18. The number of aromatic amines is 1. The van der Waals surface area contributed by atoms with Crippen LogP contribution >= 0.6 is 0 Å². The van der Waals surface area contributed by atoms with Crippen molar-refractivity contribution in [3.8, 4) is 0 Å². The highest BCUT2D eigenvalue weighted by Crippen LogP contribution is 1.86. The fourth-order valence-corrected chi connectivity index (χ4v) is 0.940. The number of amides is 1. The van der Waals surface area contributed by atoms with E-state index in [-0.39, 0.29) is 11.9 Å². The molecule has 0 aromatic carbocycles. The van der Waals surface area contributed by atoms with E-state index < -0.39 is 0 Å². The van der Waals surface area contributed by atoms with Crippen molar-refractivity contribution in [1.82, 2.24) is 25.8 Å². The SMILES string of the molecule is CNC(C)C(=O)NCCc1ncn[nH]1. The van der Waals surface area contributed by atoms with E-state index in [1.165, 1.54) is 6.33 Å². The number of nitrogens with zero attached hydrogens (tertiary/aromatic N) is 2. The zero-order valence-corrected chi connectivity index (χ0v) is 8.37. The van der Waals surface area contributed by atoms with Crippen molar-refractivity contribution in [2.75, 3.05) is 13.6 Å². The zero-order chi connectivity index (χ0) is 10.4. The first-order valence-corrected chi connectivity index (χ1v) is 4.53. The molecule has 1 heterocycles. The molecule has 0 aliphatic heterocycles. The van der Waals surface area contributed by atoms with Crippen LogP contribution in [0.5, 0.6) is 0 Å². The Morgan fingerprint density at radius 1 is 1.71 bits per heavy atom. The predicted octanol–water partition coefficient (Wildman–Crippen LogP) is -0.929. The fourth-order valence-electron chi connectivity index (χ4n) is 0.940. The maximum absolute atomic E-state index is 11.3. The van der Waals surface area contributed by atoms with Gasteiger partial charge in [0.1, 0.15) is 12.2 Å². The molecule has 0 aliphatic carbocycles. The third-order valence-corrected chi connectivity index (χ3v) is 1.95. The van der Waals surface area contributed by atoms with E-state index in [1.807, 2.05) is 6.92 Å². The van der Waals surface area contributed by atoms with E-state index >= 15 is 0 Å². The summed E-state index contributed by atoms with van der Waals surface area (Å²) in [5, 5.41) is 12.1. The van der Waals surface area contributed by atoms with Gasteiger partial charge in [-0.25, -0.2) is 4.98 Å². The highest BCUT2D eigenvalue weighted by molar-refractivity contribution is 5.81. The molecule has 1 unspecified atom stereocenters. The van der Waals surface area contributed by atoms with Crippen LogP contribution in [0.15, 0.2) is 6.33 Å². The van der Waals surface area contributed by atoms with Gasteiger partial charge >= 0.3 is 0 Å². The number of likely N-dealkylation sites (N-methyl/N-ethyl adjacent to an activating group) is 1. The van der Waals surface area contributed by atoms with Crippen molar-refractivity contribution >= 4 is 5.91 Å². The lowest BCUT2D eigenvalue weighted by molar-refractivity contribution is -0.122. The van der Waals surface area contributed by atoms with Crippen LogP contribution in [0.1, 0.15) is 12.7 Å². The van der Waals surface area contributed by atoms with Crippen LogP contribution in [0.25, 0.3) is 0 Å². The minimum atomic E-state index is -0.162. The molecule has 3 N–H and O–H groups in total. The Labute approximate surface area is 82.5 Å². The van der Waals surface area contributed by atoms with Gasteiger partial charge < -0.3 is 10.6 Å². The summed E-state index contributed by atoms with van der Waals surface area (Å²) >= 11 is 0. The minimum Gasteiger partial charge on any atom is -0.354 e. The second-order valence-corrected chi connectivity index (χ2v) is 2.98. The molecule has 0 fully saturated rings. The molecule has 0 aliphatic rings. The summed E-state index contributed by atoms with van der Waals surface area (Å²) in [4.78, 5) is 15.2. The van der Waals surface area contributed by atoms with Crippen molar-refractivity contribution in [3.05, 3.63) is 12.2 Å². The van der Waals surface area contributed by atoms with Crippen LogP contribution in [0.3, 0.4) is 0 Å². The predicted molar refractivity (Wildman–Crippen MR) is 51.6 cm³/mol. The summed E-state index contributed by atoms with van der Waals surface area (Å²) in [5.74, 6) is 0.773. The van der Waals surface area contributed by atoms with Gasteiger partial charge in [-0.2, -0.15) is 5.10 Å². The summed E-state index contributed by atoms with van der Waals surface area (Å²) < 4.78 is 0. The van der Waals surface area contributed by atoms with E-state index in [4.69, 9.17) is 0 Å². The average Bonchev–Trinajstić information content (AvgIpc) is 2.69. The van der Waals surface area contributed by atoms with Gasteiger partial charge in [-0.1, -0.05) is 0 Å². The molecule has 1 aromatic rings. The normalized spacial score (nSPS) is 12.4. The average molecular weight is 197 g/mol. The summed E-state index contributed by atoms with van der Waals surface area (Å²) in [6, 6.07) is -0.162. The number of carbonyl (C=O) groups is 1. The monoisotopic (exact) mass is 197 g/mol. The fraction of sp³-hybridized carbons (Fsp3) is 0.625. The van der Waals surface area contributed by atoms with Crippen LogP contribution in [-0.4, -0.2) is 40.7 Å². The number of rotatable bonds is 5. The van der Waals surface area contributed by atoms with Gasteiger partial charge in [0.2, 0.25) is 5.91 Å². The lowest BCUT2D eigenvalue weighted by Gasteiger charge is -2.09. The van der Waals surface area contributed by atoms with Gasteiger partial charge in [0.25, 0.3) is 0 Å². The first-order chi connectivity index (χ1) is 6.74. The standard InChI is InChI=1S/C8H15N5O/c1-6(9-2)8(14)10-4-3-7-11-5-12-13-7/h5-6,9H,3-4H2,1-2H3,(H,10,14)(H,11,12,13). The molecular formula is C8H15N5O. The molecule has 0 bridgehead atoms. The molecule has 1 aromatic heterocycles. The molecule has 1 amide bonds. The lowest BCUT2D eigenvalue weighted by Crippen LogP contribution is -2.41. The first kappa shape index (κ1) is 10.6. The van der Waals surface area contributed by atoms with E-state index in [2.05, 4.69) is 25.8 Å². The first-order valence-electron chi connectivity index (χ1n) is 4.53. The zero-order valence-electron chi connectivity index (χ0n) is 8.37. The maximum Gasteiger partial charge on any atom is 0.236 e. The molecule has 0 spiro atoms. The highest BCUT2D eigenvalue weighted by Gasteiger charge is 2.08. The number of aromatic nitrogens is 3. The van der Waals surface area contributed by atoms with Gasteiger partial charge in [0.15, 0.2) is 0 Å². The third kappa shape index (κ3) is 3.14. The van der Waals surface area contributed by atoms with Crippen LogP contribution in [-0.2, 0) is 11.2 Å². The summed E-state index contributed by atoms with van der Waals surface area (Å²) in [6.45, 7) is 2.38. The van der Waals surface area contributed by atoms with Crippen molar-refractivity contribution in [3.63, 3.8) is 0 Å². The Kier molecular flexibility index (Phi) is 4.06. The number of hydrogen-bond acceptors (Lipinski definition) is 4. The van der Waals surface area contributed by atoms with Crippen molar-refractivity contribution < 1.29 is 4.79 Å². The molecule has 6 nitrogen and oxygen atoms in total. The van der Waals surface area contributed by atoms with Crippen LogP contribution in [0.2, 0.25) is 0 Å². The van der Waals surface area contributed by atoms with Crippen LogP contribution in [0, 0.1) is 0 Å². The molecule has 0 saturated carbocycles. The van der Waals surface area contributed by atoms with Gasteiger partial charge in [-0.15, -0.1) is 0 Å². The van der Waals surface area contributed by atoms with Gasteiger partial charge in [-0.3, -0.25) is 9.89 Å². The lowest BCUT2D eigenvalue weighted by atomic mass is 10.3. The number of nitrogens with one attached hydrogen (secondary N) is 3. The maximum atomic E-state index is 11.3. The van der Waals surface area contributed by atoms with Gasteiger partial charge in [0.05, 0.1) is 6.04 Å². The Morgan fingerprint density at radius 2 is 2.50 bits per heavy atom. The minimum absolute atomic E-state index is 0.00739. The highest BCUT2D eigenvalue weighted by atomic mass is 16.2. The quantitative estimate of drug-likeness (QED) is 0.569. The summed E-state index contributed by atoms with van der Waals surface area (Å²) in [6.07, 6.45) is 2.12. The Bertz CT molecular complexity index is 271. The number of H-pyrrole nitrogens is 1. The largest absolute Gasteiger partial charge is 0.354 e. The summed E-state index contributed by atoms with van der Waals surface area (Å²) in [7, 11) is 1.75. The van der Waals surface area contributed by atoms with Gasteiger partial charge in [-0.05, 0) is 14.0 Å². The van der Waals surface area contributed by atoms with Gasteiger partial charge in [0, 0.05) is 13.0 Å². The van der Waals surface area contributed by atoms with E-state index in [0.29, 0.717) is 13.0 Å². The Hall–Kier alpha value is -1.43. The third-order valence-electron chi connectivity index (χ3n) is 1.95. The van der Waals surface area contributed by atoms with E-state index in [0.717, 1.165) is 5.82 Å². The molecule has 78 valence electrons. The summed E-state index contributed by atoms with van der Waals surface area (Å²) in [5.41, 5.74) is 0. The van der Waals surface area contributed by atoms with E-state index in [9.17, 15) is 4.79 Å². The molecular weight excluding hydrogens is 182 g/mol. The molecule has 6 heteroatoms. The van der Waals surface area contributed by atoms with Crippen molar-refractivity contribution in [1.29, 1.82) is 0 Å². The van der Waals surface area contributed by atoms with Crippen molar-refractivity contribution in [2.45, 2.75) is 19.4 Å². The number of carbonyl (C=O) groups excluding carboxylic acids is 1. The number of hydrogen-bond donors (Lipinski definition) is 3. The molecule has 0 radical (unpaired) electrons. The van der Waals surface area contributed by atoms with Crippen molar-refractivity contribution in [2.24, 2.45) is 0 Å². The van der Waals surface area contributed by atoms with Crippen LogP contribution < -0.4 is 10.6 Å². The molecule has 14 heavy (non-hydrogen) atoms. The topological polar surface area (TPSA) is 82.7 Å². The second-order valence-electron chi connectivity index (χ2n) is 2.98. The molecule has 0 saturated heterocycles. The Morgan fingerprint density at radius 3 is 3.07 bits per heavy atom.